The summed E-state index contributed by atoms with van der Waals surface area (Å²) in [6.07, 6.45) is 1.20. The summed E-state index contributed by atoms with van der Waals surface area (Å²) < 4.78 is 0. The van der Waals surface area contributed by atoms with Crippen LogP contribution in [0.15, 0.2) is 48.5 Å². The molecule has 0 bridgehead atoms. The van der Waals surface area contributed by atoms with E-state index in [4.69, 9.17) is 5.73 Å². The Labute approximate surface area is 159 Å². The third-order valence-electron chi connectivity index (χ3n) is 4.37. The van der Waals surface area contributed by atoms with Gasteiger partial charge in [-0.05, 0) is 24.5 Å². The molecule has 2 aromatic carbocycles. The van der Waals surface area contributed by atoms with Crippen molar-refractivity contribution in [3.05, 3.63) is 69.8 Å². The van der Waals surface area contributed by atoms with Gasteiger partial charge in [-0.1, -0.05) is 36.4 Å². The van der Waals surface area contributed by atoms with E-state index in [-0.39, 0.29) is 11.6 Å². The zero-order valence-electron chi connectivity index (χ0n) is 15.6. The number of benzene rings is 2. The minimum absolute atomic E-state index is 0.0384. The number of nitrogens with zero attached hydrogens (tertiary/aromatic N) is 2. The molecule has 0 aromatic heterocycles. The summed E-state index contributed by atoms with van der Waals surface area (Å²) in [5.41, 5.74) is 8.16. The van der Waals surface area contributed by atoms with Crippen LogP contribution in [-0.2, 0) is 11.2 Å². The molecule has 0 aliphatic carbocycles. The van der Waals surface area contributed by atoms with Crippen LogP contribution in [0, 0.1) is 17.0 Å². The molecule has 0 atom stereocenters. The molecule has 144 valence electrons. The second-order valence-corrected chi connectivity index (χ2v) is 6.42. The summed E-state index contributed by atoms with van der Waals surface area (Å²) in [5, 5.41) is 13.7. The maximum Gasteiger partial charge on any atom is 0.271 e. The molecule has 2 aromatic rings. The molecule has 1 amide bonds. The van der Waals surface area contributed by atoms with Gasteiger partial charge in [0.2, 0.25) is 5.91 Å². The van der Waals surface area contributed by atoms with E-state index in [0.29, 0.717) is 25.2 Å². The molecule has 0 unspecified atom stereocenters. The van der Waals surface area contributed by atoms with E-state index in [1.165, 1.54) is 17.7 Å². The maximum absolute atomic E-state index is 12.3. The molecule has 0 aliphatic heterocycles. The zero-order valence-corrected chi connectivity index (χ0v) is 15.6. The predicted molar refractivity (Wildman–Crippen MR) is 107 cm³/mol. The Hall–Kier alpha value is -2.77. The van der Waals surface area contributed by atoms with Crippen molar-refractivity contribution in [3.63, 3.8) is 0 Å². The second-order valence-electron chi connectivity index (χ2n) is 6.42. The number of non-ortho nitro benzene ring substituents is 1. The highest BCUT2D eigenvalue weighted by Gasteiger charge is 2.12. The first-order valence-electron chi connectivity index (χ1n) is 9.01. The molecule has 0 aliphatic rings. The van der Waals surface area contributed by atoms with Gasteiger partial charge in [-0.15, -0.1) is 0 Å². The Kier molecular flexibility index (Phi) is 7.91. The summed E-state index contributed by atoms with van der Waals surface area (Å²) in [6.45, 7) is 4.46. The third kappa shape index (κ3) is 6.80. The van der Waals surface area contributed by atoms with Gasteiger partial charge >= 0.3 is 0 Å². The standard InChI is InChI=1S/C20H26N4O3/c1-16-7-8-18(24(26)27)15-19(16)22-20(25)10-13-23(14-11-21)12-9-17-5-3-2-4-6-17/h2-8,15H,9-14,21H2,1H3,(H,22,25). The highest BCUT2D eigenvalue weighted by Crippen LogP contribution is 2.21. The van der Waals surface area contributed by atoms with E-state index in [9.17, 15) is 14.9 Å². The first-order valence-corrected chi connectivity index (χ1v) is 9.01. The van der Waals surface area contributed by atoms with Crippen LogP contribution >= 0.6 is 0 Å². The molecule has 2 rings (SSSR count). The molecule has 0 radical (unpaired) electrons. The van der Waals surface area contributed by atoms with E-state index in [0.717, 1.165) is 25.1 Å². The predicted octanol–water partition coefficient (Wildman–Crippen LogP) is 2.74. The van der Waals surface area contributed by atoms with Crippen LogP contribution < -0.4 is 11.1 Å². The lowest BCUT2D eigenvalue weighted by molar-refractivity contribution is -0.384. The molecule has 0 saturated heterocycles. The van der Waals surface area contributed by atoms with Crippen molar-refractivity contribution in [2.75, 3.05) is 31.5 Å². The summed E-state index contributed by atoms with van der Waals surface area (Å²) in [6, 6.07) is 14.6. The number of nitro benzene ring substituents is 1. The van der Waals surface area contributed by atoms with Crippen LogP contribution in [0.5, 0.6) is 0 Å². The number of amides is 1. The van der Waals surface area contributed by atoms with Crippen molar-refractivity contribution in [3.8, 4) is 0 Å². The summed E-state index contributed by atoms with van der Waals surface area (Å²) >= 11 is 0. The van der Waals surface area contributed by atoms with Gasteiger partial charge in [-0.3, -0.25) is 14.9 Å². The van der Waals surface area contributed by atoms with Crippen LogP contribution in [-0.4, -0.2) is 41.9 Å². The number of carbonyl (C=O) groups excluding carboxylic acids is 1. The fourth-order valence-electron chi connectivity index (χ4n) is 2.78. The van der Waals surface area contributed by atoms with Gasteiger partial charge in [0.05, 0.1) is 10.6 Å². The Balaban J connectivity index is 1.88. The number of anilines is 1. The zero-order chi connectivity index (χ0) is 19.6. The normalized spacial score (nSPS) is 10.8. The summed E-state index contributed by atoms with van der Waals surface area (Å²) in [5.74, 6) is -0.166. The van der Waals surface area contributed by atoms with Gasteiger partial charge in [0.15, 0.2) is 0 Å². The molecule has 0 saturated carbocycles. The molecule has 27 heavy (non-hydrogen) atoms. The number of carbonyl (C=O) groups is 1. The first kappa shape index (κ1) is 20.5. The van der Waals surface area contributed by atoms with E-state index >= 15 is 0 Å². The fourth-order valence-corrected chi connectivity index (χ4v) is 2.78. The van der Waals surface area contributed by atoms with E-state index in [1.807, 2.05) is 18.2 Å². The van der Waals surface area contributed by atoms with Crippen molar-refractivity contribution in [1.82, 2.24) is 4.90 Å². The van der Waals surface area contributed by atoms with Gasteiger partial charge < -0.3 is 16.0 Å². The van der Waals surface area contributed by atoms with E-state index in [1.54, 1.807) is 13.0 Å². The number of nitro groups is 1. The minimum Gasteiger partial charge on any atom is -0.329 e. The molecule has 0 heterocycles. The van der Waals surface area contributed by atoms with E-state index < -0.39 is 4.92 Å². The highest BCUT2D eigenvalue weighted by atomic mass is 16.6. The lowest BCUT2D eigenvalue weighted by Gasteiger charge is -2.21. The lowest BCUT2D eigenvalue weighted by atomic mass is 10.1. The summed E-state index contributed by atoms with van der Waals surface area (Å²) in [7, 11) is 0. The number of nitrogens with one attached hydrogen (secondary N) is 1. The number of hydrogen-bond donors (Lipinski definition) is 2. The third-order valence-corrected chi connectivity index (χ3v) is 4.37. The Morgan fingerprint density at radius 1 is 1.15 bits per heavy atom. The van der Waals surface area contributed by atoms with Crippen LogP contribution in [0.25, 0.3) is 0 Å². The molecule has 0 fully saturated rings. The number of aryl methyl sites for hydroxylation is 1. The summed E-state index contributed by atoms with van der Waals surface area (Å²) in [4.78, 5) is 24.9. The van der Waals surface area contributed by atoms with Crippen LogP contribution in [0.4, 0.5) is 11.4 Å². The van der Waals surface area contributed by atoms with Crippen LogP contribution in [0.1, 0.15) is 17.5 Å². The van der Waals surface area contributed by atoms with Crippen molar-refractivity contribution in [1.29, 1.82) is 0 Å². The minimum atomic E-state index is -0.471. The van der Waals surface area contributed by atoms with Gasteiger partial charge in [0.1, 0.15) is 0 Å². The second kappa shape index (κ2) is 10.4. The smallest absolute Gasteiger partial charge is 0.271 e. The number of hydrogen-bond acceptors (Lipinski definition) is 5. The first-order chi connectivity index (χ1) is 13.0. The molecule has 7 nitrogen and oxygen atoms in total. The SMILES string of the molecule is Cc1ccc([N+](=O)[O-])cc1NC(=O)CCN(CCN)CCc1ccccc1. The van der Waals surface area contributed by atoms with Gasteiger partial charge in [0.25, 0.3) is 5.69 Å². The van der Waals surface area contributed by atoms with Gasteiger partial charge in [-0.25, -0.2) is 0 Å². The van der Waals surface area contributed by atoms with Crippen molar-refractivity contribution < 1.29 is 9.72 Å². The average Bonchev–Trinajstić information content (AvgIpc) is 2.66. The van der Waals surface area contributed by atoms with E-state index in [2.05, 4.69) is 22.3 Å². The maximum atomic E-state index is 12.3. The molecular formula is C20H26N4O3. The van der Waals surface area contributed by atoms with Crippen molar-refractivity contribution in [2.24, 2.45) is 5.73 Å². The number of nitrogens with two attached hydrogens (primary N) is 1. The molecule has 3 N–H and O–H groups in total. The topological polar surface area (TPSA) is 102 Å². The Bertz CT molecular complexity index is 765. The van der Waals surface area contributed by atoms with Crippen LogP contribution in [0.2, 0.25) is 0 Å². The van der Waals surface area contributed by atoms with Crippen molar-refractivity contribution >= 4 is 17.3 Å². The quantitative estimate of drug-likeness (QED) is 0.495. The number of rotatable bonds is 10. The van der Waals surface area contributed by atoms with Crippen molar-refractivity contribution in [2.45, 2.75) is 19.8 Å². The monoisotopic (exact) mass is 370 g/mol. The highest BCUT2D eigenvalue weighted by molar-refractivity contribution is 5.92. The average molecular weight is 370 g/mol. The molecular weight excluding hydrogens is 344 g/mol. The molecule has 7 heteroatoms. The van der Waals surface area contributed by atoms with Gasteiger partial charge in [0, 0.05) is 44.7 Å². The molecule has 0 spiro atoms. The van der Waals surface area contributed by atoms with Crippen LogP contribution in [0.3, 0.4) is 0 Å². The van der Waals surface area contributed by atoms with Gasteiger partial charge in [-0.2, -0.15) is 0 Å². The Morgan fingerprint density at radius 2 is 1.89 bits per heavy atom. The Morgan fingerprint density at radius 3 is 2.56 bits per heavy atom. The lowest BCUT2D eigenvalue weighted by Crippen LogP contribution is -2.34. The largest absolute Gasteiger partial charge is 0.329 e. The fraction of sp³-hybridized carbons (Fsp3) is 0.350.